The highest BCUT2D eigenvalue weighted by Crippen LogP contribution is 2.31. The van der Waals surface area contributed by atoms with Crippen molar-refractivity contribution < 1.29 is 9.59 Å². The van der Waals surface area contributed by atoms with E-state index in [0.29, 0.717) is 0 Å². The molecule has 0 aromatic rings. The maximum absolute atomic E-state index is 12.7. The van der Waals surface area contributed by atoms with Crippen molar-refractivity contribution in [2.45, 2.75) is 53.4 Å². The Hall–Kier alpha value is -1.52. The lowest BCUT2D eigenvalue weighted by molar-refractivity contribution is -0.115. The van der Waals surface area contributed by atoms with E-state index in [2.05, 4.69) is 37.5 Å². The predicted octanol–water partition coefficient (Wildman–Crippen LogP) is 5.40. The highest BCUT2D eigenvalue weighted by atomic mass is 35.5. The molecule has 0 aliphatic heterocycles. The van der Waals surface area contributed by atoms with Gasteiger partial charge in [-0.15, -0.1) is 0 Å². The number of carbonyl (C=O) groups excluding carboxylic acids is 2. The summed E-state index contributed by atoms with van der Waals surface area (Å²) in [6, 6.07) is 0. The van der Waals surface area contributed by atoms with Crippen LogP contribution >= 0.6 is 23.2 Å². The first-order valence-corrected chi connectivity index (χ1v) is 10.9. The Morgan fingerprint density at radius 1 is 0.643 bits per heavy atom. The summed E-state index contributed by atoms with van der Waals surface area (Å²) >= 11 is 12.5. The molecule has 0 bridgehead atoms. The van der Waals surface area contributed by atoms with E-state index in [1.165, 1.54) is 0 Å². The van der Waals surface area contributed by atoms with Gasteiger partial charge in [0.25, 0.3) is 0 Å². The Morgan fingerprint density at radius 3 is 1.18 bits per heavy atom. The monoisotopic (exact) mass is 426 g/mol. The molecule has 1 aliphatic carbocycles. The molecule has 28 heavy (non-hydrogen) atoms. The second-order valence-electron chi connectivity index (χ2n) is 6.82. The Balaban J connectivity index is 3.08. The number of nitrogens with zero attached hydrogens (tertiary/aromatic N) is 2. The normalized spacial score (nSPS) is 15.5. The largest absolute Gasteiger partial charge is 0.377 e. The van der Waals surface area contributed by atoms with Crippen LogP contribution in [0.25, 0.3) is 0 Å². The van der Waals surface area contributed by atoms with Crippen molar-refractivity contribution >= 4 is 34.8 Å². The van der Waals surface area contributed by atoms with Gasteiger partial charge in [0.2, 0.25) is 11.6 Å². The van der Waals surface area contributed by atoms with Crippen molar-refractivity contribution in [1.29, 1.82) is 0 Å². The molecule has 0 atom stereocenters. The molecule has 0 aromatic carbocycles. The standard InChI is InChI=1S/C22H32Cl2N2O2/c1-5-11-25(12-6-2)15-9-17-19(23)22(28)18(20(24)21(17)27)10-16-26(13-7-3)14-8-4/h9-10,15-16H,5-8,11-14H2,1-4H3. The van der Waals surface area contributed by atoms with Gasteiger partial charge in [-0.2, -0.15) is 0 Å². The average molecular weight is 427 g/mol. The average Bonchev–Trinajstić information content (AvgIpc) is 2.67. The van der Waals surface area contributed by atoms with Gasteiger partial charge >= 0.3 is 0 Å². The van der Waals surface area contributed by atoms with Gasteiger partial charge in [0.1, 0.15) is 0 Å². The second-order valence-corrected chi connectivity index (χ2v) is 7.57. The number of rotatable bonds is 12. The molecule has 0 aromatic heterocycles. The molecule has 0 fully saturated rings. The molecule has 4 nitrogen and oxygen atoms in total. The molecule has 0 heterocycles. The van der Waals surface area contributed by atoms with Crippen molar-refractivity contribution in [2.75, 3.05) is 26.2 Å². The van der Waals surface area contributed by atoms with Crippen LogP contribution in [-0.4, -0.2) is 47.5 Å². The Kier molecular flexibility index (Phi) is 11.2. The molecule has 0 saturated heterocycles. The fourth-order valence-electron chi connectivity index (χ4n) is 3.01. The molecule has 0 unspecified atom stereocenters. The van der Waals surface area contributed by atoms with Crippen LogP contribution in [0.2, 0.25) is 0 Å². The first-order chi connectivity index (χ1) is 13.4. The number of carbonyl (C=O) groups is 2. The van der Waals surface area contributed by atoms with E-state index in [1.807, 2.05) is 12.4 Å². The van der Waals surface area contributed by atoms with Crippen LogP contribution in [0.5, 0.6) is 0 Å². The molecular formula is C22H32Cl2N2O2. The van der Waals surface area contributed by atoms with Crippen LogP contribution in [0, 0.1) is 0 Å². The fraction of sp³-hybridized carbons (Fsp3) is 0.545. The van der Waals surface area contributed by atoms with Crippen molar-refractivity contribution in [3.05, 3.63) is 45.8 Å². The summed E-state index contributed by atoms with van der Waals surface area (Å²) < 4.78 is 0. The fourth-order valence-corrected chi connectivity index (χ4v) is 3.51. The number of Topliss-reactive ketones (excluding diaryl/α,β-unsaturated/α-hetero) is 2. The topological polar surface area (TPSA) is 40.6 Å². The van der Waals surface area contributed by atoms with Gasteiger partial charge in [-0.05, 0) is 50.2 Å². The lowest BCUT2D eigenvalue weighted by atomic mass is 9.96. The van der Waals surface area contributed by atoms with E-state index in [-0.39, 0.29) is 21.2 Å². The zero-order valence-electron chi connectivity index (χ0n) is 17.4. The van der Waals surface area contributed by atoms with Crippen molar-refractivity contribution in [1.82, 2.24) is 9.80 Å². The van der Waals surface area contributed by atoms with E-state index in [1.54, 1.807) is 12.2 Å². The maximum Gasteiger partial charge on any atom is 0.206 e. The van der Waals surface area contributed by atoms with E-state index in [9.17, 15) is 9.59 Å². The zero-order chi connectivity index (χ0) is 21.1. The molecule has 156 valence electrons. The van der Waals surface area contributed by atoms with E-state index < -0.39 is 11.6 Å². The molecule has 0 radical (unpaired) electrons. The summed E-state index contributed by atoms with van der Waals surface area (Å²) in [5.41, 5.74) is 0.315. The van der Waals surface area contributed by atoms with Crippen LogP contribution in [0.4, 0.5) is 0 Å². The van der Waals surface area contributed by atoms with Gasteiger partial charge < -0.3 is 9.80 Å². The molecule has 0 amide bonds. The molecule has 0 spiro atoms. The minimum atomic E-state index is -0.410. The van der Waals surface area contributed by atoms with Gasteiger partial charge in [0, 0.05) is 37.3 Å². The van der Waals surface area contributed by atoms with Crippen LogP contribution in [-0.2, 0) is 9.59 Å². The maximum atomic E-state index is 12.7. The highest BCUT2D eigenvalue weighted by molar-refractivity contribution is 6.56. The molecular weight excluding hydrogens is 395 g/mol. The van der Waals surface area contributed by atoms with Gasteiger partial charge in [-0.1, -0.05) is 50.9 Å². The molecule has 1 rings (SSSR count). The van der Waals surface area contributed by atoms with Crippen molar-refractivity contribution in [2.24, 2.45) is 0 Å². The van der Waals surface area contributed by atoms with Gasteiger partial charge in [-0.3, -0.25) is 9.59 Å². The summed E-state index contributed by atoms with van der Waals surface area (Å²) in [4.78, 5) is 29.6. The SMILES string of the molecule is CCCN(C=CC1=C(Cl)C(=O)C(C=CN(CCC)CCC)=C(Cl)C1=O)CCC. The summed E-state index contributed by atoms with van der Waals surface area (Å²) in [6.07, 6.45) is 10.8. The first kappa shape index (κ1) is 24.5. The highest BCUT2D eigenvalue weighted by Gasteiger charge is 2.30. The second kappa shape index (κ2) is 12.8. The Morgan fingerprint density at radius 2 is 0.929 bits per heavy atom. The number of hydrogen-bond acceptors (Lipinski definition) is 4. The van der Waals surface area contributed by atoms with E-state index in [4.69, 9.17) is 23.2 Å². The smallest absolute Gasteiger partial charge is 0.206 e. The molecule has 6 heteroatoms. The molecule has 1 aliphatic rings. The third-order valence-corrected chi connectivity index (χ3v) is 5.06. The number of hydrogen-bond donors (Lipinski definition) is 0. The number of allylic oxidation sites excluding steroid dienone is 6. The minimum absolute atomic E-state index is 0.0734. The van der Waals surface area contributed by atoms with Crippen molar-refractivity contribution in [3.63, 3.8) is 0 Å². The minimum Gasteiger partial charge on any atom is -0.377 e. The molecule has 0 saturated carbocycles. The zero-order valence-corrected chi connectivity index (χ0v) is 18.9. The summed E-state index contributed by atoms with van der Waals surface area (Å²) in [5, 5.41) is -0.147. The van der Waals surface area contributed by atoms with Crippen LogP contribution in [0.1, 0.15) is 53.4 Å². The Labute approximate surface area is 179 Å². The van der Waals surface area contributed by atoms with Gasteiger partial charge in [-0.25, -0.2) is 0 Å². The number of halogens is 2. The van der Waals surface area contributed by atoms with Gasteiger partial charge in [0.05, 0.1) is 10.1 Å². The molecule has 0 N–H and O–H groups in total. The van der Waals surface area contributed by atoms with Gasteiger partial charge in [0.15, 0.2) is 0 Å². The quantitative estimate of drug-likeness (QED) is 0.391. The van der Waals surface area contributed by atoms with E-state index >= 15 is 0 Å². The van der Waals surface area contributed by atoms with Crippen LogP contribution in [0.15, 0.2) is 45.8 Å². The van der Waals surface area contributed by atoms with Crippen molar-refractivity contribution in [3.8, 4) is 0 Å². The van der Waals surface area contributed by atoms with Crippen LogP contribution < -0.4 is 0 Å². The summed E-state index contributed by atoms with van der Waals surface area (Å²) in [7, 11) is 0. The summed E-state index contributed by atoms with van der Waals surface area (Å²) in [5.74, 6) is -0.819. The number of ketones is 2. The predicted molar refractivity (Wildman–Crippen MR) is 118 cm³/mol. The van der Waals surface area contributed by atoms with E-state index in [0.717, 1.165) is 51.9 Å². The third kappa shape index (κ3) is 6.82. The Bertz CT molecular complexity index is 608. The first-order valence-electron chi connectivity index (χ1n) is 10.1. The lowest BCUT2D eigenvalue weighted by Crippen LogP contribution is -2.22. The third-order valence-electron chi connectivity index (χ3n) is 4.31. The van der Waals surface area contributed by atoms with Crippen LogP contribution in [0.3, 0.4) is 0 Å². The lowest BCUT2D eigenvalue weighted by Gasteiger charge is -2.20. The summed E-state index contributed by atoms with van der Waals surface area (Å²) in [6.45, 7) is 11.9.